The highest BCUT2D eigenvalue weighted by Gasteiger charge is 2.14. The van der Waals surface area contributed by atoms with Crippen molar-refractivity contribution in [2.24, 2.45) is 0 Å². The minimum absolute atomic E-state index is 0.0377. The fraction of sp³-hybridized carbons (Fsp3) is 0.429. The number of aliphatic hydroxyl groups excluding tert-OH is 1. The first-order valence-corrected chi connectivity index (χ1v) is 6.87. The molecule has 2 heterocycles. The lowest BCUT2D eigenvalue weighted by Crippen LogP contribution is -2.33. The molecular weight excluding hydrogens is 272 g/mol. The molecule has 0 aliphatic heterocycles. The number of pyridine rings is 1. The molecule has 0 unspecified atom stereocenters. The molecule has 2 aromatic heterocycles. The van der Waals surface area contributed by atoms with Crippen LogP contribution in [0.1, 0.15) is 19.2 Å². The highest BCUT2D eigenvalue weighted by atomic mass is 16.5. The van der Waals surface area contributed by atoms with E-state index in [1.54, 1.807) is 17.2 Å². The number of aliphatic hydroxyl groups is 1. The summed E-state index contributed by atoms with van der Waals surface area (Å²) in [6.45, 7) is 2.75. The third-order valence-electron chi connectivity index (χ3n) is 3.02. The Hall–Kier alpha value is -2.28. The second kappa shape index (κ2) is 7.49. The largest absolute Gasteiger partial charge is 0.395 e. The molecule has 2 rings (SSSR count). The molecular formula is C14H18N4O3. The molecule has 0 saturated carbocycles. The maximum Gasteiger partial charge on any atom is 0.227 e. The molecule has 0 fully saturated rings. The number of likely N-dealkylation sites (N-methyl/N-ethyl adjacent to an activating group) is 1. The third-order valence-corrected chi connectivity index (χ3v) is 3.02. The summed E-state index contributed by atoms with van der Waals surface area (Å²) < 4.78 is 5.12. The Labute approximate surface area is 122 Å². The van der Waals surface area contributed by atoms with E-state index in [1.807, 2.05) is 19.1 Å². The summed E-state index contributed by atoms with van der Waals surface area (Å²) in [5.74, 6) is 0.786. The maximum absolute atomic E-state index is 11.9. The molecule has 0 atom stereocenters. The van der Waals surface area contributed by atoms with E-state index in [4.69, 9.17) is 9.63 Å². The Morgan fingerprint density at radius 3 is 2.95 bits per heavy atom. The molecule has 1 N–H and O–H groups in total. The van der Waals surface area contributed by atoms with Crippen molar-refractivity contribution < 1.29 is 14.4 Å². The highest BCUT2D eigenvalue weighted by Crippen LogP contribution is 2.13. The minimum Gasteiger partial charge on any atom is -0.395 e. The molecule has 1 amide bonds. The summed E-state index contributed by atoms with van der Waals surface area (Å²) in [5.41, 5.74) is 0.634. The summed E-state index contributed by atoms with van der Waals surface area (Å²) in [6.07, 6.45) is 2.31. The summed E-state index contributed by atoms with van der Waals surface area (Å²) >= 11 is 0. The topological polar surface area (TPSA) is 92.3 Å². The minimum atomic E-state index is -0.0378. The summed E-state index contributed by atoms with van der Waals surface area (Å²) in [6, 6.07) is 5.44. The van der Waals surface area contributed by atoms with Gasteiger partial charge in [-0.1, -0.05) is 11.2 Å². The lowest BCUT2D eigenvalue weighted by molar-refractivity contribution is -0.131. The van der Waals surface area contributed by atoms with Gasteiger partial charge in [-0.15, -0.1) is 0 Å². The van der Waals surface area contributed by atoms with Crippen LogP contribution < -0.4 is 0 Å². The molecule has 0 spiro atoms. The Bertz CT molecular complexity index is 571. The zero-order chi connectivity index (χ0) is 15.1. The predicted octanol–water partition coefficient (Wildman–Crippen LogP) is 0.905. The van der Waals surface area contributed by atoms with E-state index in [2.05, 4.69) is 15.1 Å². The molecule has 0 bridgehead atoms. The summed E-state index contributed by atoms with van der Waals surface area (Å²) in [7, 11) is 0. The molecule has 7 nitrogen and oxygen atoms in total. The van der Waals surface area contributed by atoms with Crippen LogP contribution in [0.3, 0.4) is 0 Å². The molecule has 0 saturated heterocycles. The second-order valence-corrected chi connectivity index (χ2v) is 4.42. The quantitative estimate of drug-likeness (QED) is 0.814. The van der Waals surface area contributed by atoms with Gasteiger partial charge in [-0.05, 0) is 19.1 Å². The van der Waals surface area contributed by atoms with E-state index in [9.17, 15) is 4.79 Å². The van der Waals surface area contributed by atoms with Crippen LogP contribution in [-0.2, 0) is 11.2 Å². The van der Waals surface area contributed by atoms with Crippen LogP contribution in [-0.4, -0.2) is 50.7 Å². The van der Waals surface area contributed by atoms with Crippen LogP contribution in [0.15, 0.2) is 28.9 Å². The van der Waals surface area contributed by atoms with Crippen LogP contribution >= 0.6 is 0 Å². The summed E-state index contributed by atoms with van der Waals surface area (Å²) in [5, 5.41) is 12.7. The van der Waals surface area contributed by atoms with E-state index in [0.29, 0.717) is 36.9 Å². The Morgan fingerprint density at radius 1 is 1.43 bits per heavy atom. The second-order valence-electron chi connectivity index (χ2n) is 4.42. The molecule has 0 aliphatic rings. The molecule has 7 heteroatoms. The number of aryl methyl sites for hydroxylation is 1. The van der Waals surface area contributed by atoms with E-state index in [-0.39, 0.29) is 18.9 Å². The van der Waals surface area contributed by atoms with Crippen molar-refractivity contribution >= 4 is 5.91 Å². The van der Waals surface area contributed by atoms with Gasteiger partial charge in [0.2, 0.25) is 17.6 Å². The van der Waals surface area contributed by atoms with Crippen LogP contribution in [0.25, 0.3) is 11.5 Å². The standard InChI is InChI=1S/C14H18N4O3/c1-2-18(9-10-19)13(20)7-6-12-16-14(17-21-12)11-5-3-4-8-15-11/h3-5,8,19H,2,6-7,9-10H2,1H3. The number of nitrogens with zero attached hydrogens (tertiary/aromatic N) is 4. The first kappa shape index (κ1) is 15.1. The van der Waals surface area contributed by atoms with Crippen LogP contribution in [0.5, 0.6) is 0 Å². The molecule has 0 aliphatic carbocycles. The van der Waals surface area contributed by atoms with Gasteiger partial charge in [-0.25, -0.2) is 0 Å². The number of carbonyl (C=O) groups excluding carboxylic acids is 1. The predicted molar refractivity (Wildman–Crippen MR) is 75.2 cm³/mol. The molecule has 112 valence electrons. The summed E-state index contributed by atoms with van der Waals surface area (Å²) in [4.78, 5) is 21.9. The fourth-order valence-electron chi connectivity index (χ4n) is 1.91. The first-order chi connectivity index (χ1) is 10.2. The zero-order valence-corrected chi connectivity index (χ0v) is 11.9. The first-order valence-electron chi connectivity index (χ1n) is 6.87. The van der Waals surface area contributed by atoms with Crippen molar-refractivity contribution in [3.8, 4) is 11.5 Å². The van der Waals surface area contributed by atoms with E-state index >= 15 is 0 Å². The van der Waals surface area contributed by atoms with Crippen molar-refractivity contribution in [1.29, 1.82) is 0 Å². The van der Waals surface area contributed by atoms with Crippen molar-refractivity contribution in [1.82, 2.24) is 20.0 Å². The Morgan fingerprint density at radius 2 is 2.29 bits per heavy atom. The number of hydrogen-bond donors (Lipinski definition) is 1. The Balaban J connectivity index is 1.93. The third kappa shape index (κ3) is 4.09. The monoisotopic (exact) mass is 290 g/mol. The lowest BCUT2D eigenvalue weighted by atomic mass is 10.2. The SMILES string of the molecule is CCN(CCO)C(=O)CCc1nc(-c2ccccn2)no1. The number of hydrogen-bond acceptors (Lipinski definition) is 6. The van der Waals surface area contributed by atoms with Crippen molar-refractivity contribution in [2.45, 2.75) is 19.8 Å². The van der Waals surface area contributed by atoms with E-state index < -0.39 is 0 Å². The molecule has 2 aromatic rings. The van der Waals surface area contributed by atoms with Crippen molar-refractivity contribution in [2.75, 3.05) is 19.7 Å². The van der Waals surface area contributed by atoms with Gasteiger partial charge in [0.25, 0.3) is 0 Å². The number of carbonyl (C=O) groups is 1. The average molecular weight is 290 g/mol. The van der Waals surface area contributed by atoms with Gasteiger partial charge < -0.3 is 14.5 Å². The maximum atomic E-state index is 11.9. The van der Waals surface area contributed by atoms with Crippen molar-refractivity contribution in [3.05, 3.63) is 30.3 Å². The van der Waals surface area contributed by atoms with Gasteiger partial charge in [0.05, 0.1) is 6.61 Å². The van der Waals surface area contributed by atoms with E-state index in [1.165, 1.54) is 0 Å². The normalized spacial score (nSPS) is 10.6. The molecule has 0 aromatic carbocycles. The average Bonchev–Trinajstić information content (AvgIpc) is 3.00. The van der Waals surface area contributed by atoms with Gasteiger partial charge in [0, 0.05) is 32.1 Å². The van der Waals surface area contributed by atoms with Crippen LogP contribution in [0, 0.1) is 0 Å². The Kier molecular flexibility index (Phi) is 5.39. The van der Waals surface area contributed by atoms with Gasteiger partial charge in [0.1, 0.15) is 5.69 Å². The smallest absolute Gasteiger partial charge is 0.227 e. The van der Waals surface area contributed by atoms with Crippen LogP contribution in [0.2, 0.25) is 0 Å². The van der Waals surface area contributed by atoms with Crippen LogP contribution in [0.4, 0.5) is 0 Å². The number of amides is 1. The van der Waals surface area contributed by atoms with Crippen molar-refractivity contribution in [3.63, 3.8) is 0 Å². The molecule has 21 heavy (non-hydrogen) atoms. The van der Waals surface area contributed by atoms with Gasteiger partial charge >= 0.3 is 0 Å². The number of rotatable bonds is 7. The van der Waals surface area contributed by atoms with E-state index in [0.717, 1.165) is 0 Å². The van der Waals surface area contributed by atoms with Gasteiger partial charge in [-0.2, -0.15) is 4.98 Å². The van der Waals surface area contributed by atoms with Gasteiger partial charge in [-0.3, -0.25) is 9.78 Å². The van der Waals surface area contributed by atoms with Gasteiger partial charge in [0.15, 0.2) is 0 Å². The number of aromatic nitrogens is 3. The molecule has 0 radical (unpaired) electrons. The zero-order valence-electron chi connectivity index (χ0n) is 11.9. The highest BCUT2D eigenvalue weighted by molar-refractivity contribution is 5.76. The fourth-order valence-corrected chi connectivity index (χ4v) is 1.91. The lowest BCUT2D eigenvalue weighted by Gasteiger charge is -2.18.